The zero-order chi connectivity index (χ0) is 12.7. The molecule has 0 aliphatic carbocycles. The Balaban J connectivity index is 2.26. The van der Waals surface area contributed by atoms with Gasteiger partial charge in [-0.3, -0.25) is 4.79 Å². The normalized spacial score (nSPS) is 12.4. The molecule has 0 saturated heterocycles. The van der Waals surface area contributed by atoms with Crippen LogP contribution in [0.2, 0.25) is 0 Å². The van der Waals surface area contributed by atoms with Gasteiger partial charge in [-0.25, -0.2) is 4.98 Å². The fourth-order valence-electron chi connectivity index (χ4n) is 1.24. The van der Waals surface area contributed by atoms with Gasteiger partial charge in [0.1, 0.15) is 6.61 Å². The maximum atomic E-state index is 11.5. The molecule has 0 saturated carbocycles. The molecule has 0 aliphatic rings. The molecule has 1 rings (SSSR count). The van der Waals surface area contributed by atoms with E-state index in [0.29, 0.717) is 13.2 Å². The molecule has 0 aliphatic heterocycles. The maximum Gasteiger partial charge on any atom is 0.246 e. The van der Waals surface area contributed by atoms with Crippen LogP contribution in [0.5, 0.6) is 0 Å². The molecule has 0 aromatic carbocycles. The number of methoxy groups -OCH3 is 1. The Morgan fingerprint density at radius 3 is 2.94 bits per heavy atom. The Morgan fingerprint density at radius 1 is 1.59 bits per heavy atom. The van der Waals surface area contributed by atoms with Gasteiger partial charge in [-0.05, 0) is 13.8 Å². The first-order valence-corrected chi connectivity index (χ1v) is 6.29. The highest BCUT2D eigenvalue weighted by Crippen LogP contribution is 2.15. The second-order valence-corrected chi connectivity index (χ2v) is 4.69. The third-order valence-corrected chi connectivity index (χ3v) is 2.91. The van der Waals surface area contributed by atoms with Gasteiger partial charge in [-0.1, -0.05) is 0 Å². The molecule has 1 aromatic rings. The molecule has 1 aromatic heterocycles. The molecule has 0 radical (unpaired) electrons. The fourth-order valence-corrected chi connectivity index (χ4v) is 1.95. The number of hydrogen-bond acceptors (Lipinski definition) is 5. The van der Waals surface area contributed by atoms with Gasteiger partial charge < -0.3 is 14.8 Å². The number of ether oxygens (including phenoxy) is 2. The van der Waals surface area contributed by atoms with E-state index in [-0.39, 0.29) is 18.6 Å². The number of hydrogen-bond donors (Lipinski definition) is 1. The average molecular weight is 258 g/mol. The van der Waals surface area contributed by atoms with E-state index in [1.165, 1.54) is 0 Å². The Hall–Kier alpha value is -0.980. The molecule has 1 amide bonds. The first-order valence-electron chi connectivity index (χ1n) is 5.41. The quantitative estimate of drug-likeness (QED) is 0.749. The summed E-state index contributed by atoms with van der Waals surface area (Å²) >= 11 is 1.57. The van der Waals surface area contributed by atoms with Gasteiger partial charge in [-0.15, -0.1) is 11.3 Å². The van der Waals surface area contributed by atoms with E-state index in [1.807, 2.05) is 19.2 Å². The van der Waals surface area contributed by atoms with E-state index in [0.717, 1.165) is 10.7 Å². The van der Waals surface area contributed by atoms with E-state index in [9.17, 15) is 4.79 Å². The van der Waals surface area contributed by atoms with Crippen molar-refractivity contribution in [1.82, 2.24) is 10.3 Å². The maximum absolute atomic E-state index is 11.5. The minimum Gasteiger partial charge on any atom is -0.382 e. The lowest BCUT2D eigenvalue weighted by Crippen LogP contribution is -2.30. The standard InChI is InChI=1S/C11H18N2O3S/c1-8(10-7-17-9(2)13-10)12-11(14)6-16-5-4-15-3/h7-8H,4-6H2,1-3H3,(H,12,14). The number of aryl methyl sites for hydroxylation is 1. The largest absolute Gasteiger partial charge is 0.382 e. The molecule has 96 valence electrons. The first-order chi connectivity index (χ1) is 8.13. The summed E-state index contributed by atoms with van der Waals surface area (Å²) in [6, 6.07) is -0.0847. The second-order valence-electron chi connectivity index (χ2n) is 3.63. The van der Waals surface area contributed by atoms with Crippen molar-refractivity contribution in [3.8, 4) is 0 Å². The van der Waals surface area contributed by atoms with Crippen LogP contribution in [-0.4, -0.2) is 37.8 Å². The van der Waals surface area contributed by atoms with E-state index < -0.39 is 0 Å². The van der Waals surface area contributed by atoms with Crippen LogP contribution in [0.1, 0.15) is 23.7 Å². The van der Waals surface area contributed by atoms with Gasteiger partial charge in [-0.2, -0.15) is 0 Å². The second kappa shape index (κ2) is 7.37. The minimum absolute atomic E-state index is 0.0524. The average Bonchev–Trinajstić information content (AvgIpc) is 2.71. The van der Waals surface area contributed by atoms with Gasteiger partial charge in [0.2, 0.25) is 5.91 Å². The van der Waals surface area contributed by atoms with Crippen molar-refractivity contribution in [2.24, 2.45) is 0 Å². The van der Waals surface area contributed by atoms with Crippen LogP contribution < -0.4 is 5.32 Å². The summed E-state index contributed by atoms with van der Waals surface area (Å²) in [5, 5.41) is 5.77. The molecule has 17 heavy (non-hydrogen) atoms. The van der Waals surface area contributed by atoms with E-state index in [2.05, 4.69) is 10.3 Å². The third kappa shape index (κ3) is 5.25. The van der Waals surface area contributed by atoms with Crippen molar-refractivity contribution >= 4 is 17.2 Å². The molecular formula is C11H18N2O3S. The Kier molecular flexibility index (Phi) is 6.10. The molecule has 6 heteroatoms. The van der Waals surface area contributed by atoms with Crippen LogP contribution in [0.4, 0.5) is 0 Å². The van der Waals surface area contributed by atoms with Crippen LogP contribution in [0.25, 0.3) is 0 Å². The SMILES string of the molecule is COCCOCC(=O)NC(C)c1csc(C)n1. The van der Waals surface area contributed by atoms with Gasteiger partial charge in [0.25, 0.3) is 0 Å². The van der Waals surface area contributed by atoms with Crippen LogP contribution in [0, 0.1) is 6.92 Å². The Bertz CT molecular complexity index is 354. The Morgan fingerprint density at radius 2 is 2.35 bits per heavy atom. The lowest BCUT2D eigenvalue weighted by molar-refractivity contribution is -0.126. The smallest absolute Gasteiger partial charge is 0.246 e. The third-order valence-electron chi connectivity index (χ3n) is 2.12. The highest BCUT2D eigenvalue weighted by atomic mass is 32.1. The van der Waals surface area contributed by atoms with Crippen molar-refractivity contribution < 1.29 is 14.3 Å². The number of carbonyl (C=O) groups is 1. The molecular weight excluding hydrogens is 240 g/mol. The van der Waals surface area contributed by atoms with Crippen molar-refractivity contribution in [2.45, 2.75) is 19.9 Å². The zero-order valence-electron chi connectivity index (χ0n) is 10.4. The summed E-state index contributed by atoms with van der Waals surface area (Å²) in [5.74, 6) is -0.140. The van der Waals surface area contributed by atoms with E-state index in [1.54, 1.807) is 18.4 Å². The number of carbonyl (C=O) groups excluding carboxylic acids is 1. The molecule has 0 fully saturated rings. The summed E-state index contributed by atoms with van der Waals surface area (Å²) in [4.78, 5) is 15.8. The summed E-state index contributed by atoms with van der Waals surface area (Å²) in [6.45, 7) is 4.82. The molecule has 0 spiro atoms. The summed E-state index contributed by atoms with van der Waals surface area (Å²) < 4.78 is 9.93. The molecule has 1 unspecified atom stereocenters. The van der Waals surface area contributed by atoms with E-state index >= 15 is 0 Å². The summed E-state index contributed by atoms with van der Waals surface area (Å²) in [7, 11) is 1.59. The van der Waals surface area contributed by atoms with Crippen LogP contribution >= 0.6 is 11.3 Å². The predicted molar refractivity (Wildman–Crippen MR) is 66.1 cm³/mol. The van der Waals surface area contributed by atoms with E-state index in [4.69, 9.17) is 9.47 Å². The van der Waals surface area contributed by atoms with Gasteiger partial charge >= 0.3 is 0 Å². The number of thiazole rings is 1. The predicted octanol–water partition coefficient (Wildman–Crippen LogP) is 1.29. The molecule has 0 bridgehead atoms. The molecule has 1 heterocycles. The van der Waals surface area contributed by atoms with Crippen molar-refractivity contribution in [3.63, 3.8) is 0 Å². The van der Waals surface area contributed by atoms with Crippen molar-refractivity contribution in [3.05, 3.63) is 16.1 Å². The van der Waals surface area contributed by atoms with Gasteiger partial charge in [0.15, 0.2) is 0 Å². The van der Waals surface area contributed by atoms with Crippen LogP contribution in [0.3, 0.4) is 0 Å². The lowest BCUT2D eigenvalue weighted by atomic mass is 10.2. The van der Waals surface area contributed by atoms with Crippen LogP contribution in [-0.2, 0) is 14.3 Å². The topological polar surface area (TPSA) is 60.5 Å². The molecule has 1 atom stereocenters. The number of amides is 1. The first kappa shape index (κ1) is 14.1. The van der Waals surface area contributed by atoms with Gasteiger partial charge in [0, 0.05) is 12.5 Å². The number of nitrogens with one attached hydrogen (secondary N) is 1. The Labute approximate surface area is 105 Å². The number of nitrogens with zero attached hydrogens (tertiary/aromatic N) is 1. The minimum atomic E-state index is -0.140. The highest BCUT2D eigenvalue weighted by Gasteiger charge is 2.11. The van der Waals surface area contributed by atoms with Crippen molar-refractivity contribution in [1.29, 1.82) is 0 Å². The van der Waals surface area contributed by atoms with Gasteiger partial charge in [0.05, 0.1) is 30.0 Å². The summed E-state index contributed by atoms with van der Waals surface area (Å²) in [6.07, 6.45) is 0. The monoisotopic (exact) mass is 258 g/mol. The highest BCUT2D eigenvalue weighted by molar-refractivity contribution is 7.09. The zero-order valence-corrected chi connectivity index (χ0v) is 11.2. The molecule has 5 nitrogen and oxygen atoms in total. The summed E-state index contributed by atoms with van der Waals surface area (Å²) in [5.41, 5.74) is 0.887. The lowest BCUT2D eigenvalue weighted by Gasteiger charge is -2.11. The number of rotatable bonds is 7. The fraction of sp³-hybridized carbons (Fsp3) is 0.636. The van der Waals surface area contributed by atoms with Crippen LogP contribution in [0.15, 0.2) is 5.38 Å². The molecule has 1 N–H and O–H groups in total. The van der Waals surface area contributed by atoms with Crippen molar-refractivity contribution in [2.75, 3.05) is 26.9 Å². The number of aromatic nitrogens is 1.